The van der Waals surface area contributed by atoms with Gasteiger partial charge in [0.25, 0.3) is 0 Å². The Balaban J connectivity index is -0.000000266. The van der Waals surface area contributed by atoms with Gasteiger partial charge in [-0.3, -0.25) is 0 Å². The van der Waals surface area contributed by atoms with Gasteiger partial charge in [-0.1, -0.05) is 26.5 Å². The Bertz CT molecular complexity index is 128. The highest BCUT2D eigenvalue weighted by Crippen LogP contribution is 1.95. The van der Waals surface area contributed by atoms with E-state index in [2.05, 4.69) is 19.7 Å². The lowest BCUT2D eigenvalue weighted by Crippen LogP contribution is -1.94. The molecule has 0 radical (unpaired) electrons. The summed E-state index contributed by atoms with van der Waals surface area (Å²) in [6, 6.07) is 0. The van der Waals surface area contributed by atoms with Gasteiger partial charge in [0, 0.05) is 13.0 Å². The molecule has 0 aromatic carbocycles. The highest BCUT2D eigenvalue weighted by Gasteiger charge is 1.86. The Morgan fingerprint density at radius 2 is 1.86 bits per heavy atom. The van der Waals surface area contributed by atoms with Crippen molar-refractivity contribution in [3.63, 3.8) is 0 Å². The molecule has 0 unspecified atom stereocenters. The van der Waals surface area contributed by atoms with Crippen LogP contribution in [0.5, 0.6) is 0 Å². The molecule has 2 heteroatoms. The van der Waals surface area contributed by atoms with E-state index in [-0.39, 0.29) is 6.61 Å². The quantitative estimate of drug-likeness (QED) is 0.319. The van der Waals surface area contributed by atoms with Gasteiger partial charge in [0.1, 0.15) is 5.76 Å². The first kappa shape index (κ1) is 18.7. The first-order valence-corrected chi connectivity index (χ1v) is 4.86. The van der Waals surface area contributed by atoms with Crippen molar-refractivity contribution < 1.29 is 9.84 Å². The predicted molar refractivity (Wildman–Crippen MR) is 64.2 cm³/mol. The summed E-state index contributed by atoms with van der Waals surface area (Å²) >= 11 is 0. The van der Waals surface area contributed by atoms with Crippen molar-refractivity contribution in [2.24, 2.45) is 0 Å². The van der Waals surface area contributed by atoms with Crippen molar-refractivity contribution >= 4 is 0 Å². The number of hydrogen-bond acceptors (Lipinski definition) is 2. The van der Waals surface area contributed by atoms with E-state index in [0.717, 1.165) is 0 Å². The van der Waals surface area contributed by atoms with Crippen LogP contribution in [0.2, 0.25) is 0 Å². The van der Waals surface area contributed by atoms with Crippen LogP contribution in [0.3, 0.4) is 0 Å². The average Bonchev–Trinajstić information content (AvgIpc) is 2.25. The van der Waals surface area contributed by atoms with Gasteiger partial charge in [-0.15, -0.1) is 13.2 Å². The molecule has 0 aromatic rings. The second-order valence-corrected chi connectivity index (χ2v) is 1.89. The molecule has 0 aliphatic carbocycles. The molecule has 0 aliphatic rings. The summed E-state index contributed by atoms with van der Waals surface area (Å²) in [5.41, 5.74) is 0. The third-order valence-electron chi connectivity index (χ3n) is 0.942. The second kappa shape index (κ2) is 22.7. The topological polar surface area (TPSA) is 29.5 Å². The number of aliphatic hydroxyl groups is 1. The van der Waals surface area contributed by atoms with E-state index in [4.69, 9.17) is 9.84 Å². The number of allylic oxidation sites excluding steroid dienone is 2. The van der Waals surface area contributed by atoms with Gasteiger partial charge < -0.3 is 9.84 Å². The molecule has 14 heavy (non-hydrogen) atoms. The van der Waals surface area contributed by atoms with Gasteiger partial charge in [0.05, 0.1) is 6.61 Å². The van der Waals surface area contributed by atoms with Gasteiger partial charge in [0.15, 0.2) is 0 Å². The maximum absolute atomic E-state index is 8.38. The summed E-state index contributed by atoms with van der Waals surface area (Å²) in [5, 5.41) is 8.38. The van der Waals surface area contributed by atoms with Gasteiger partial charge in [0.2, 0.25) is 0 Å². The van der Waals surface area contributed by atoms with Crippen molar-refractivity contribution in [1.29, 1.82) is 0 Å². The van der Waals surface area contributed by atoms with E-state index in [1.54, 1.807) is 6.08 Å². The van der Waals surface area contributed by atoms with Crippen LogP contribution in [0.1, 0.15) is 27.2 Å². The fourth-order valence-corrected chi connectivity index (χ4v) is 0.502. The minimum Gasteiger partial charge on any atom is -0.494 e. The molecule has 0 rings (SSSR count). The number of ether oxygens (including phenoxy) is 1. The van der Waals surface area contributed by atoms with Crippen molar-refractivity contribution in [3.8, 4) is 0 Å². The summed E-state index contributed by atoms with van der Waals surface area (Å²) in [6.07, 6.45) is 4.31. The van der Waals surface area contributed by atoms with Crippen LogP contribution in [0.25, 0.3) is 0 Å². The summed E-state index contributed by atoms with van der Waals surface area (Å²) < 4.78 is 5.08. The SMILES string of the molecule is C=C.C=C(/C=C\C)OCCCO.CC. The van der Waals surface area contributed by atoms with Crippen LogP contribution in [-0.4, -0.2) is 18.3 Å². The molecular formula is C12H24O2. The molecule has 0 bridgehead atoms. The molecule has 0 saturated heterocycles. The zero-order valence-electron chi connectivity index (χ0n) is 9.75. The molecular weight excluding hydrogens is 176 g/mol. The van der Waals surface area contributed by atoms with Crippen LogP contribution in [0.15, 0.2) is 37.6 Å². The van der Waals surface area contributed by atoms with E-state index in [9.17, 15) is 0 Å². The molecule has 0 aliphatic heterocycles. The van der Waals surface area contributed by atoms with Gasteiger partial charge in [-0.25, -0.2) is 0 Å². The minimum atomic E-state index is 0.170. The van der Waals surface area contributed by atoms with E-state index in [0.29, 0.717) is 18.8 Å². The monoisotopic (exact) mass is 200 g/mol. The summed E-state index contributed by atoms with van der Waals surface area (Å²) in [5.74, 6) is 0.649. The lowest BCUT2D eigenvalue weighted by Gasteiger charge is -2.02. The lowest BCUT2D eigenvalue weighted by molar-refractivity contribution is 0.185. The molecule has 0 atom stereocenters. The summed E-state index contributed by atoms with van der Waals surface area (Å²) in [4.78, 5) is 0. The molecule has 0 saturated carbocycles. The molecule has 0 amide bonds. The zero-order valence-corrected chi connectivity index (χ0v) is 9.75. The molecule has 0 spiro atoms. The normalized spacial score (nSPS) is 8.00. The smallest absolute Gasteiger partial charge is 0.111 e. The standard InChI is InChI=1S/C8H14O2.C2H6.C2H4/c1-3-5-8(2)10-7-4-6-9;2*1-2/h3,5,9H,2,4,6-7H2,1H3;1-2H3;1-2H2/b5-3-;;. The molecule has 2 nitrogen and oxygen atoms in total. The van der Waals surface area contributed by atoms with Gasteiger partial charge >= 0.3 is 0 Å². The first-order valence-electron chi connectivity index (χ1n) is 4.86. The largest absolute Gasteiger partial charge is 0.494 e. The Labute approximate surface area is 88.6 Å². The zero-order chi connectivity index (χ0) is 11.8. The summed E-state index contributed by atoms with van der Waals surface area (Å²) in [7, 11) is 0. The van der Waals surface area contributed by atoms with E-state index >= 15 is 0 Å². The third kappa shape index (κ3) is 22.4. The Morgan fingerprint density at radius 1 is 1.36 bits per heavy atom. The highest BCUT2D eigenvalue weighted by atomic mass is 16.5. The molecule has 0 heterocycles. The molecule has 0 aromatic heterocycles. The van der Waals surface area contributed by atoms with Crippen molar-refractivity contribution in [1.82, 2.24) is 0 Å². The van der Waals surface area contributed by atoms with Gasteiger partial charge in [-0.05, 0) is 13.0 Å². The van der Waals surface area contributed by atoms with Crippen LogP contribution < -0.4 is 0 Å². The summed E-state index contributed by atoms with van der Waals surface area (Å²) in [6.45, 7) is 16.2. The van der Waals surface area contributed by atoms with Crippen LogP contribution in [0.4, 0.5) is 0 Å². The molecule has 1 N–H and O–H groups in total. The van der Waals surface area contributed by atoms with Crippen LogP contribution in [-0.2, 0) is 4.74 Å². The Hall–Kier alpha value is -1.02. The van der Waals surface area contributed by atoms with Crippen molar-refractivity contribution in [2.75, 3.05) is 13.2 Å². The average molecular weight is 200 g/mol. The Kier molecular flexibility index (Phi) is 30.3. The van der Waals surface area contributed by atoms with Crippen molar-refractivity contribution in [2.45, 2.75) is 27.2 Å². The van der Waals surface area contributed by atoms with E-state index in [1.807, 2.05) is 26.8 Å². The van der Waals surface area contributed by atoms with E-state index in [1.165, 1.54) is 0 Å². The number of rotatable bonds is 5. The van der Waals surface area contributed by atoms with Gasteiger partial charge in [-0.2, -0.15) is 0 Å². The first-order chi connectivity index (χ1) is 6.81. The minimum absolute atomic E-state index is 0.170. The fourth-order valence-electron chi connectivity index (χ4n) is 0.502. The lowest BCUT2D eigenvalue weighted by atomic mass is 10.4. The third-order valence-corrected chi connectivity index (χ3v) is 0.942. The predicted octanol–water partition coefficient (Wildman–Crippen LogP) is 3.30. The molecule has 84 valence electrons. The second-order valence-electron chi connectivity index (χ2n) is 1.89. The number of aliphatic hydroxyl groups excluding tert-OH is 1. The fraction of sp³-hybridized carbons (Fsp3) is 0.500. The van der Waals surface area contributed by atoms with Crippen molar-refractivity contribution in [3.05, 3.63) is 37.6 Å². The highest BCUT2D eigenvalue weighted by molar-refractivity contribution is 5.05. The van der Waals surface area contributed by atoms with E-state index < -0.39 is 0 Å². The Morgan fingerprint density at radius 3 is 2.21 bits per heavy atom. The van der Waals surface area contributed by atoms with Crippen LogP contribution in [0, 0.1) is 0 Å². The van der Waals surface area contributed by atoms with Crippen LogP contribution >= 0.6 is 0 Å². The number of hydrogen-bond donors (Lipinski definition) is 1. The maximum atomic E-state index is 8.38. The maximum Gasteiger partial charge on any atom is 0.111 e. The molecule has 0 fully saturated rings.